The topological polar surface area (TPSA) is 126 Å². The van der Waals surface area contributed by atoms with Gasteiger partial charge < -0.3 is 29.7 Å². The second-order valence-electron chi connectivity index (χ2n) is 9.05. The van der Waals surface area contributed by atoms with Crippen molar-refractivity contribution >= 4 is 34.3 Å². The van der Waals surface area contributed by atoms with Gasteiger partial charge >= 0.3 is 12.7 Å². The Labute approximate surface area is 225 Å². The van der Waals surface area contributed by atoms with Crippen molar-refractivity contribution in [1.82, 2.24) is 10.3 Å². The molecule has 0 bridgehead atoms. The molecule has 9 nitrogen and oxygen atoms in total. The molecule has 5 rings (SSSR count). The molecule has 1 aliphatic rings. The van der Waals surface area contributed by atoms with E-state index < -0.39 is 24.7 Å². The second-order valence-corrected chi connectivity index (χ2v) is 10.1. The number of fused-ring (bicyclic) bond motifs is 1. The maximum Gasteiger partial charge on any atom is 0.405 e. The molecule has 2 amide bonds. The van der Waals surface area contributed by atoms with Crippen molar-refractivity contribution in [2.45, 2.75) is 39.0 Å². The summed E-state index contributed by atoms with van der Waals surface area (Å²) in [6.07, 6.45) is 1.74. The zero-order valence-electron chi connectivity index (χ0n) is 20.8. The summed E-state index contributed by atoms with van der Waals surface area (Å²) >= 11 is 1.11. The number of nitrogens with one attached hydrogen (secondary N) is 1. The minimum atomic E-state index is -3.01. The molecule has 0 radical (unpaired) electrons. The number of thiazole rings is 1. The lowest BCUT2D eigenvalue weighted by Gasteiger charge is -2.13. The lowest BCUT2D eigenvalue weighted by Crippen LogP contribution is -2.25. The molecule has 2 aromatic heterocycles. The van der Waals surface area contributed by atoms with Crippen LogP contribution in [0.3, 0.4) is 0 Å². The molecule has 1 aliphatic carbocycles. The van der Waals surface area contributed by atoms with Crippen molar-refractivity contribution in [3.05, 3.63) is 64.9 Å². The summed E-state index contributed by atoms with van der Waals surface area (Å²) in [6.45, 7) is -0.885. The Morgan fingerprint density at radius 1 is 1.21 bits per heavy atom. The quantitative estimate of drug-likeness (QED) is 0.230. The molecular weight excluding hydrogens is 532 g/mol. The number of rotatable bonds is 11. The van der Waals surface area contributed by atoms with E-state index in [-0.39, 0.29) is 23.7 Å². The van der Waals surface area contributed by atoms with Crippen LogP contribution < -0.4 is 20.5 Å². The molecule has 4 aromatic rings. The number of halogens is 2. The minimum Gasteiger partial charge on any atom is -0.489 e. The van der Waals surface area contributed by atoms with Gasteiger partial charge in [0.25, 0.3) is 5.91 Å². The van der Waals surface area contributed by atoms with E-state index in [1.165, 1.54) is 6.07 Å². The van der Waals surface area contributed by atoms with E-state index >= 15 is 0 Å². The van der Waals surface area contributed by atoms with Crippen LogP contribution in [-0.4, -0.2) is 30.2 Å². The Kier molecular flexibility index (Phi) is 7.64. The fourth-order valence-corrected chi connectivity index (χ4v) is 5.03. The number of carbonyl (C=O) groups is 2. The van der Waals surface area contributed by atoms with Crippen LogP contribution in [0.1, 0.15) is 46.8 Å². The van der Waals surface area contributed by atoms with E-state index in [0.717, 1.165) is 35.1 Å². The van der Waals surface area contributed by atoms with E-state index in [2.05, 4.69) is 15.0 Å². The molecule has 0 aliphatic heterocycles. The van der Waals surface area contributed by atoms with Crippen molar-refractivity contribution < 1.29 is 37.0 Å². The van der Waals surface area contributed by atoms with Gasteiger partial charge in [-0.1, -0.05) is 18.2 Å². The fraction of sp³-hybridized carbons (Fsp3) is 0.296. The lowest BCUT2D eigenvalue weighted by molar-refractivity contribution is -0.0515. The summed E-state index contributed by atoms with van der Waals surface area (Å²) in [5.74, 6) is -0.0628. The van der Waals surface area contributed by atoms with Crippen LogP contribution in [0.2, 0.25) is 0 Å². The van der Waals surface area contributed by atoms with E-state index in [1.807, 2.05) is 24.3 Å². The third kappa shape index (κ3) is 6.28. The minimum absolute atomic E-state index is 0.0462. The Balaban J connectivity index is 1.43. The monoisotopic (exact) mass is 557 g/mol. The Morgan fingerprint density at radius 2 is 2.00 bits per heavy atom. The number of nitrogens with two attached hydrogens (primary N) is 1. The number of benzene rings is 2. The molecule has 2 heterocycles. The largest absolute Gasteiger partial charge is 0.489 e. The molecule has 3 N–H and O–H groups in total. The van der Waals surface area contributed by atoms with E-state index in [1.54, 1.807) is 25.3 Å². The maximum absolute atomic E-state index is 13.3. The number of aromatic nitrogens is 1. The summed E-state index contributed by atoms with van der Waals surface area (Å²) in [5, 5.41) is 4.09. The number of ether oxygens (including phenoxy) is 3. The highest BCUT2D eigenvalue weighted by molar-refractivity contribution is 7.15. The summed E-state index contributed by atoms with van der Waals surface area (Å²) in [7, 11) is 0. The van der Waals surface area contributed by atoms with E-state index in [0.29, 0.717) is 33.6 Å². The van der Waals surface area contributed by atoms with Gasteiger partial charge in [-0.15, -0.1) is 11.3 Å². The molecule has 12 heteroatoms. The van der Waals surface area contributed by atoms with Crippen LogP contribution in [0.25, 0.3) is 21.5 Å². The van der Waals surface area contributed by atoms with Gasteiger partial charge in [0.2, 0.25) is 0 Å². The van der Waals surface area contributed by atoms with Gasteiger partial charge in [-0.05, 0) is 49.9 Å². The molecule has 39 heavy (non-hydrogen) atoms. The average molecular weight is 558 g/mol. The predicted octanol–water partition coefficient (Wildman–Crippen LogP) is 6.03. The number of para-hydroxylation sites is 1. The van der Waals surface area contributed by atoms with Crippen molar-refractivity contribution in [1.29, 1.82) is 0 Å². The van der Waals surface area contributed by atoms with E-state index in [4.69, 9.17) is 19.6 Å². The predicted molar refractivity (Wildman–Crippen MR) is 139 cm³/mol. The third-order valence-electron chi connectivity index (χ3n) is 6.11. The van der Waals surface area contributed by atoms with Crippen LogP contribution >= 0.6 is 11.3 Å². The number of hydrogen-bond acceptors (Lipinski definition) is 8. The summed E-state index contributed by atoms with van der Waals surface area (Å²) < 4.78 is 46.9. The van der Waals surface area contributed by atoms with Crippen LogP contribution in [0.4, 0.5) is 13.6 Å². The highest BCUT2D eigenvalue weighted by Crippen LogP contribution is 2.39. The van der Waals surface area contributed by atoms with Gasteiger partial charge in [0, 0.05) is 23.1 Å². The van der Waals surface area contributed by atoms with Crippen LogP contribution in [0.5, 0.6) is 11.5 Å². The molecular formula is C27H25F2N3O6S. The average Bonchev–Trinajstić information content (AvgIpc) is 3.47. The van der Waals surface area contributed by atoms with Gasteiger partial charge in [-0.3, -0.25) is 4.79 Å². The smallest absolute Gasteiger partial charge is 0.405 e. The lowest BCUT2D eigenvalue weighted by atomic mass is 10.1. The van der Waals surface area contributed by atoms with Gasteiger partial charge in [0.1, 0.15) is 22.4 Å². The first kappa shape index (κ1) is 26.4. The highest BCUT2D eigenvalue weighted by atomic mass is 32.1. The molecule has 2 aromatic carbocycles. The number of alkyl halides is 2. The van der Waals surface area contributed by atoms with Gasteiger partial charge in [0.15, 0.2) is 11.5 Å². The van der Waals surface area contributed by atoms with Crippen molar-refractivity contribution in [2.24, 2.45) is 11.7 Å². The fourth-order valence-electron chi connectivity index (χ4n) is 3.99. The molecule has 0 spiro atoms. The molecule has 0 saturated heterocycles. The van der Waals surface area contributed by atoms with Crippen molar-refractivity contribution in [2.75, 3.05) is 6.61 Å². The number of hydrogen-bond donors (Lipinski definition) is 2. The summed E-state index contributed by atoms with van der Waals surface area (Å²) in [4.78, 5) is 29.6. The highest BCUT2D eigenvalue weighted by Gasteiger charge is 2.27. The Bertz CT molecular complexity index is 1500. The van der Waals surface area contributed by atoms with Crippen LogP contribution in [0, 0.1) is 5.92 Å². The number of primary amides is 1. The maximum atomic E-state index is 13.3. The molecule has 1 fully saturated rings. The van der Waals surface area contributed by atoms with Crippen molar-refractivity contribution in [3.8, 4) is 22.1 Å². The van der Waals surface area contributed by atoms with E-state index in [9.17, 15) is 18.4 Å². The summed E-state index contributed by atoms with van der Waals surface area (Å²) in [5.41, 5.74) is 7.25. The molecule has 1 saturated carbocycles. The normalized spacial score (nSPS) is 13.8. The number of carbonyl (C=O) groups excluding carboxylic acids is 2. The van der Waals surface area contributed by atoms with Gasteiger partial charge in [-0.25, -0.2) is 9.78 Å². The van der Waals surface area contributed by atoms with Gasteiger partial charge in [-0.2, -0.15) is 8.78 Å². The first-order chi connectivity index (χ1) is 18.8. The Morgan fingerprint density at radius 3 is 2.74 bits per heavy atom. The van der Waals surface area contributed by atoms with Crippen LogP contribution in [0.15, 0.2) is 53.1 Å². The first-order valence-electron chi connectivity index (χ1n) is 12.2. The second kappa shape index (κ2) is 11.3. The summed E-state index contributed by atoms with van der Waals surface area (Å²) in [6, 6.07) is 11.9. The number of furan rings is 1. The van der Waals surface area contributed by atoms with Crippen LogP contribution in [-0.2, 0) is 11.3 Å². The number of amides is 2. The molecule has 1 unspecified atom stereocenters. The molecule has 1 atom stereocenters. The zero-order chi connectivity index (χ0) is 27.5. The Hall–Kier alpha value is -4.19. The third-order valence-corrected chi connectivity index (χ3v) is 7.37. The molecule has 204 valence electrons. The first-order valence-corrected chi connectivity index (χ1v) is 13.0. The van der Waals surface area contributed by atoms with Crippen molar-refractivity contribution in [3.63, 3.8) is 0 Å². The van der Waals surface area contributed by atoms with Gasteiger partial charge in [0.05, 0.1) is 17.7 Å². The number of nitrogens with zero attached hydrogens (tertiary/aromatic N) is 1. The standard InChI is InChI=1S/C27H25F2N3O6S/c1-14(37-27(30)34)23-22(24(33)31-11-17-13-36-19-5-3-2-4-18(17)19)32-25(39-23)16-8-9-20(38-26(28)29)21(10-16)35-12-15-6-7-15/h2-5,8-10,13-15,26H,6-7,11-12H2,1H3,(H2,30,34)(H,31,33). The zero-order valence-corrected chi connectivity index (χ0v) is 21.6. The SMILES string of the molecule is CC(OC(N)=O)c1sc(-c2ccc(OC(F)F)c(OCC3CC3)c2)nc1C(=O)NCc1coc2ccccc12.